The van der Waals surface area contributed by atoms with Crippen LogP contribution in [0.25, 0.3) is 0 Å². The van der Waals surface area contributed by atoms with Crippen molar-refractivity contribution in [1.29, 1.82) is 0 Å². The molecule has 0 unspecified atom stereocenters. The Kier molecular flexibility index (Phi) is 5.73. The standard InChI is InChI=1S/C22H18Cl2N2O3S/c23-16-9-11-20(24)19(13-16)22(27)25-17-10-8-15-5-4-12-26(21(15)14-17)30(28,29)18-6-2-1-3-7-18/h1-3,6-11,13-14H,4-5,12H2,(H,25,27). The molecule has 1 aliphatic rings. The van der Waals surface area contributed by atoms with Gasteiger partial charge in [-0.3, -0.25) is 9.10 Å². The number of rotatable bonds is 4. The Labute approximate surface area is 185 Å². The van der Waals surface area contributed by atoms with E-state index in [1.165, 1.54) is 10.4 Å². The van der Waals surface area contributed by atoms with Crippen LogP contribution in [-0.2, 0) is 16.4 Å². The van der Waals surface area contributed by atoms with Crippen molar-refractivity contribution in [2.45, 2.75) is 17.7 Å². The molecule has 0 fully saturated rings. The molecule has 3 aromatic rings. The minimum Gasteiger partial charge on any atom is -0.322 e. The quantitative estimate of drug-likeness (QED) is 0.567. The molecule has 0 saturated heterocycles. The lowest BCUT2D eigenvalue weighted by Gasteiger charge is -2.31. The molecule has 4 rings (SSSR count). The molecule has 0 aliphatic carbocycles. The predicted molar refractivity (Wildman–Crippen MR) is 120 cm³/mol. The van der Waals surface area contributed by atoms with Gasteiger partial charge in [0.05, 0.1) is 21.2 Å². The summed E-state index contributed by atoms with van der Waals surface area (Å²) in [5.74, 6) is -0.421. The van der Waals surface area contributed by atoms with Gasteiger partial charge in [0, 0.05) is 17.3 Å². The molecule has 3 aromatic carbocycles. The van der Waals surface area contributed by atoms with Crippen LogP contribution in [0, 0.1) is 0 Å². The maximum Gasteiger partial charge on any atom is 0.264 e. The van der Waals surface area contributed by atoms with E-state index in [-0.39, 0.29) is 15.5 Å². The molecule has 1 N–H and O–H groups in total. The molecule has 1 amide bonds. The fourth-order valence-corrected chi connectivity index (χ4v) is 5.39. The number of hydrogen-bond acceptors (Lipinski definition) is 3. The van der Waals surface area contributed by atoms with E-state index < -0.39 is 15.9 Å². The van der Waals surface area contributed by atoms with Gasteiger partial charge < -0.3 is 5.32 Å². The van der Waals surface area contributed by atoms with Crippen molar-refractivity contribution in [3.63, 3.8) is 0 Å². The first-order valence-corrected chi connectivity index (χ1v) is 11.5. The highest BCUT2D eigenvalue weighted by Gasteiger charge is 2.29. The van der Waals surface area contributed by atoms with Gasteiger partial charge in [0.1, 0.15) is 0 Å². The van der Waals surface area contributed by atoms with Crippen LogP contribution in [0.15, 0.2) is 71.6 Å². The van der Waals surface area contributed by atoms with Gasteiger partial charge in [-0.2, -0.15) is 0 Å². The van der Waals surface area contributed by atoms with E-state index in [0.717, 1.165) is 18.4 Å². The minimum absolute atomic E-state index is 0.234. The van der Waals surface area contributed by atoms with Crippen molar-refractivity contribution < 1.29 is 13.2 Å². The Bertz CT molecular complexity index is 1210. The Morgan fingerprint density at radius 2 is 1.73 bits per heavy atom. The summed E-state index contributed by atoms with van der Waals surface area (Å²) < 4.78 is 27.8. The molecular formula is C22H18Cl2N2O3S. The average molecular weight is 461 g/mol. The zero-order chi connectivity index (χ0) is 21.3. The van der Waals surface area contributed by atoms with E-state index >= 15 is 0 Å². The summed E-state index contributed by atoms with van der Waals surface area (Å²) in [6, 6.07) is 18.3. The molecule has 0 saturated carbocycles. The van der Waals surface area contributed by atoms with E-state index in [2.05, 4.69) is 5.32 Å². The molecule has 0 bridgehead atoms. The number of halogens is 2. The first-order valence-electron chi connectivity index (χ1n) is 9.33. The van der Waals surface area contributed by atoms with Crippen LogP contribution in [0.3, 0.4) is 0 Å². The van der Waals surface area contributed by atoms with E-state index in [9.17, 15) is 13.2 Å². The Hall–Kier alpha value is -2.54. The molecule has 0 atom stereocenters. The summed E-state index contributed by atoms with van der Waals surface area (Å²) in [5, 5.41) is 3.46. The van der Waals surface area contributed by atoms with E-state index in [4.69, 9.17) is 23.2 Å². The van der Waals surface area contributed by atoms with Crippen molar-refractivity contribution in [3.8, 4) is 0 Å². The summed E-state index contributed by atoms with van der Waals surface area (Å²) in [4.78, 5) is 12.9. The summed E-state index contributed by atoms with van der Waals surface area (Å²) >= 11 is 12.1. The van der Waals surface area contributed by atoms with Gasteiger partial charge in [-0.15, -0.1) is 0 Å². The monoisotopic (exact) mass is 460 g/mol. The van der Waals surface area contributed by atoms with Crippen molar-refractivity contribution in [2.24, 2.45) is 0 Å². The van der Waals surface area contributed by atoms with Gasteiger partial charge in [0.15, 0.2) is 0 Å². The summed E-state index contributed by atoms with van der Waals surface area (Å²) in [6.07, 6.45) is 1.49. The van der Waals surface area contributed by atoms with Gasteiger partial charge in [-0.05, 0) is 60.9 Å². The number of aryl methyl sites for hydroxylation is 1. The highest BCUT2D eigenvalue weighted by Crippen LogP contribution is 2.34. The van der Waals surface area contributed by atoms with Crippen molar-refractivity contribution in [3.05, 3.63) is 87.9 Å². The third-order valence-corrected chi connectivity index (χ3v) is 7.32. The number of fused-ring (bicyclic) bond motifs is 1. The number of carbonyl (C=O) groups is 1. The summed E-state index contributed by atoms with van der Waals surface area (Å²) in [5.41, 5.74) is 2.21. The minimum atomic E-state index is -3.70. The molecular weight excluding hydrogens is 443 g/mol. The normalized spacial score (nSPS) is 13.6. The molecule has 154 valence electrons. The third kappa shape index (κ3) is 4.03. The summed E-state index contributed by atoms with van der Waals surface area (Å²) in [6.45, 7) is 0.377. The van der Waals surface area contributed by atoms with E-state index in [1.807, 2.05) is 6.07 Å². The second kappa shape index (κ2) is 8.30. The fourth-order valence-electron chi connectivity index (χ4n) is 3.46. The number of anilines is 2. The highest BCUT2D eigenvalue weighted by molar-refractivity contribution is 7.92. The van der Waals surface area contributed by atoms with Gasteiger partial charge in [0.2, 0.25) is 0 Å². The molecule has 30 heavy (non-hydrogen) atoms. The van der Waals surface area contributed by atoms with Crippen LogP contribution in [0.4, 0.5) is 11.4 Å². The van der Waals surface area contributed by atoms with Crippen LogP contribution < -0.4 is 9.62 Å². The Balaban J connectivity index is 1.67. The second-order valence-electron chi connectivity index (χ2n) is 6.92. The Morgan fingerprint density at radius 3 is 2.50 bits per heavy atom. The van der Waals surface area contributed by atoms with Gasteiger partial charge in [0.25, 0.3) is 15.9 Å². The first kappa shape index (κ1) is 20.7. The first-order chi connectivity index (χ1) is 14.4. The zero-order valence-electron chi connectivity index (χ0n) is 15.8. The molecule has 0 aromatic heterocycles. The van der Waals surface area contributed by atoms with Crippen LogP contribution in [-0.4, -0.2) is 20.9 Å². The zero-order valence-corrected chi connectivity index (χ0v) is 18.1. The molecule has 1 heterocycles. The van der Waals surface area contributed by atoms with Crippen molar-refractivity contribution >= 4 is 50.5 Å². The van der Waals surface area contributed by atoms with Crippen LogP contribution >= 0.6 is 23.2 Å². The predicted octanol–water partition coefficient (Wildman–Crippen LogP) is 5.39. The van der Waals surface area contributed by atoms with E-state index in [1.54, 1.807) is 54.6 Å². The third-order valence-electron chi connectivity index (χ3n) is 4.92. The lowest BCUT2D eigenvalue weighted by Crippen LogP contribution is -2.35. The van der Waals surface area contributed by atoms with Gasteiger partial charge in [-0.1, -0.05) is 47.5 Å². The summed E-state index contributed by atoms with van der Waals surface area (Å²) in [7, 11) is -3.70. The fraction of sp³-hybridized carbons (Fsp3) is 0.136. The largest absolute Gasteiger partial charge is 0.322 e. The smallest absolute Gasteiger partial charge is 0.264 e. The van der Waals surface area contributed by atoms with E-state index in [0.29, 0.717) is 22.9 Å². The second-order valence-corrected chi connectivity index (χ2v) is 9.62. The van der Waals surface area contributed by atoms with Crippen LogP contribution in [0.5, 0.6) is 0 Å². The molecule has 0 spiro atoms. The Morgan fingerprint density at radius 1 is 0.967 bits per heavy atom. The maximum absolute atomic E-state index is 13.2. The van der Waals surface area contributed by atoms with Crippen molar-refractivity contribution in [1.82, 2.24) is 0 Å². The average Bonchev–Trinajstić information content (AvgIpc) is 2.75. The number of hydrogen-bond donors (Lipinski definition) is 1. The van der Waals surface area contributed by atoms with Gasteiger partial charge >= 0.3 is 0 Å². The number of nitrogens with one attached hydrogen (secondary N) is 1. The molecule has 0 radical (unpaired) electrons. The topological polar surface area (TPSA) is 66.5 Å². The molecule has 1 aliphatic heterocycles. The van der Waals surface area contributed by atoms with Crippen LogP contribution in [0.2, 0.25) is 10.0 Å². The number of amides is 1. The lowest BCUT2D eigenvalue weighted by molar-refractivity contribution is 0.102. The van der Waals surface area contributed by atoms with Crippen molar-refractivity contribution in [2.75, 3.05) is 16.2 Å². The number of carbonyl (C=O) groups excluding carboxylic acids is 1. The van der Waals surface area contributed by atoms with Crippen LogP contribution in [0.1, 0.15) is 22.3 Å². The number of nitrogens with zero attached hydrogens (tertiary/aromatic N) is 1. The molecule has 8 heteroatoms. The molecule has 5 nitrogen and oxygen atoms in total. The maximum atomic E-state index is 13.2. The number of benzene rings is 3. The lowest BCUT2D eigenvalue weighted by atomic mass is 10.0. The number of sulfonamides is 1. The SMILES string of the molecule is O=C(Nc1ccc2c(c1)N(S(=O)(=O)c1ccccc1)CCC2)c1cc(Cl)ccc1Cl. The van der Waals surface area contributed by atoms with Gasteiger partial charge in [-0.25, -0.2) is 8.42 Å². The highest BCUT2D eigenvalue weighted by atomic mass is 35.5.